The van der Waals surface area contributed by atoms with Gasteiger partial charge in [-0.2, -0.15) is 0 Å². The van der Waals surface area contributed by atoms with Crippen molar-refractivity contribution in [1.29, 1.82) is 0 Å². The zero-order valence-corrected chi connectivity index (χ0v) is 18.5. The van der Waals surface area contributed by atoms with Crippen LogP contribution in [-0.4, -0.2) is 0 Å². The summed E-state index contributed by atoms with van der Waals surface area (Å²) in [6.45, 7) is 8.23. The third-order valence-corrected chi connectivity index (χ3v) is 5.40. The van der Waals surface area contributed by atoms with Crippen LogP contribution < -0.4 is 0 Å². The van der Waals surface area contributed by atoms with Crippen LogP contribution in [0.3, 0.4) is 0 Å². The first kappa shape index (κ1) is 22.7. The lowest BCUT2D eigenvalue weighted by atomic mass is 9.94. The molecule has 0 aromatic heterocycles. The first-order chi connectivity index (χ1) is 14.8. The van der Waals surface area contributed by atoms with Crippen LogP contribution in [0.15, 0.2) is 42.5 Å². The van der Waals surface area contributed by atoms with Crippen molar-refractivity contribution in [2.24, 2.45) is 0 Å². The van der Waals surface area contributed by atoms with Crippen LogP contribution in [-0.2, 0) is 12.8 Å². The molecule has 0 bridgehead atoms. The molecule has 0 N–H and O–H groups in total. The van der Waals surface area contributed by atoms with Gasteiger partial charge in [-0.15, -0.1) is 0 Å². The molecule has 31 heavy (non-hydrogen) atoms. The summed E-state index contributed by atoms with van der Waals surface area (Å²) in [7, 11) is 0. The lowest BCUT2D eigenvalue weighted by Crippen LogP contribution is -1.97. The standard InChI is InChI=1S/C28H27F3/c1-5-7-20-13-18(3)24(19(4)14-20)11-9-23-15-21(8-6-2)25(17-27(23)30)22-10-12-26(29)28(31)16-22/h10,12-17H,5-8H2,1-4H3. The number of hydrogen-bond donors (Lipinski definition) is 0. The Morgan fingerprint density at radius 2 is 1.39 bits per heavy atom. The Kier molecular flexibility index (Phi) is 7.23. The second-order valence-electron chi connectivity index (χ2n) is 7.97. The zero-order valence-electron chi connectivity index (χ0n) is 18.5. The Balaban J connectivity index is 2.05. The molecule has 0 fully saturated rings. The predicted octanol–water partition coefficient (Wildman–Crippen LogP) is 7.69. The van der Waals surface area contributed by atoms with Crippen molar-refractivity contribution in [3.8, 4) is 23.0 Å². The lowest BCUT2D eigenvalue weighted by Gasteiger charge is -2.12. The Morgan fingerprint density at radius 3 is 2.00 bits per heavy atom. The molecule has 0 heterocycles. The highest BCUT2D eigenvalue weighted by Crippen LogP contribution is 2.29. The van der Waals surface area contributed by atoms with Crippen molar-refractivity contribution in [2.45, 2.75) is 53.4 Å². The zero-order chi connectivity index (χ0) is 22.5. The van der Waals surface area contributed by atoms with E-state index in [1.54, 1.807) is 6.07 Å². The number of aryl methyl sites for hydroxylation is 4. The minimum atomic E-state index is -0.943. The van der Waals surface area contributed by atoms with E-state index >= 15 is 0 Å². The molecule has 0 saturated heterocycles. The molecular formula is C28H27F3. The molecule has 3 heteroatoms. The summed E-state index contributed by atoms with van der Waals surface area (Å²) in [5.41, 5.74) is 6.58. The molecule has 0 aliphatic carbocycles. The molecule has 0 aliphatic rings. The molecule has 0 aliphatic heterocycles. The average molecular weight is 421 g/mol. The van der Waals surface area contributed by atoms with Gasteiger partial charge in [0.05, 0.1) is 5.56 Å². The second-order valence-corrected chi connectivity index (χ2v) is 7.97. The van der Waals surface area contributed by atoms with Crippen LogP contribution in [0.25, 0.3) is 11.1 Å². The Bertz CT molecular complexity index is 1140. The van der Waals surface area contributed by atoms with Crippen LogP contribution in [0.1, 0.15) is 60.1 Å². The van der Waals surface area contributed by atoms with Crippen molar-refractivity contribution in [3.63, 3.8) is 0 Å². The fraction of sp³-hybridized carbons (Fsp3) is 0.286. The van der Waals surface area contributed by atoms with Crippen LogP contribution in [0.4, 0.5) is 13.2 Å². The van der Waals surface area contributed by atoms with E-state index in [0.717, 1.165) is 53.6 Å². The molecule has 0 saturated carbocycles. The van der Waals surface area contributed by atoms with Gasteiger partial charge < -0.3 is 0 Å². The van der Waals surface area contributed by atoms with Crippen molar-refractivity contribution >= 4 is 0 Å². The van der Waals surface area contributed by atoms with Crippen molar-refractivity contribution in [3.05, 3.63) is 93.3 Å². The Labute approximate surface area is 183 Å². The van der Waals surface area contributed by atoms with E-state index in [1.807, 2.05) is 20.8 Å². The van der Waals surface area contributed by atoms with Gasteiger partial charge in [-0.3, -0.25) is 0 Å². The fourth-order valence-electron chi connectivity index (χ4n) is 3.94. The largest absolute Gasteiger partial charge is 0.206 e. The van der Waals surface area contributed by atoms with Crippen LogP contribution in [0.5, 0.6) is 0 Å². The van der Waals surface area contributed by atoms with Gasteiger partial charge >= 0.3 is 0 Å². The maximum Gasteiger partial charge on any atom is 0.159 e. The number of hydrogen-bond acceptors (Lipinski definition) is 0. The Hall–Kier alpha value is -2.99. The third kappa shape index (κ3) is 5.20. The molecule has 3 aromatic rings. The van der Waals surface area contributed by atoms with Crippen molar-refractivity contribution in [2.75, 3.05) is 0 Å². The molecule has 3 aromatic carbocycles. The molecule has 0 nitrogen and oxygen atoms in total. The van der Waals surface area contributed by atoms with Gasteiger partial charge in [0.2, 0.25) is 0 Å². The molecular weight excluding hydrogens is 393 g/mol. The van der Waals surface area contributed by atoms with Gasteiger partial charge in [0.1, 0.15) is 5.82 Å². The van der Waals surface area contributed by atoms with E-state index in [-0.39, 0.29) is 0 Å². The molecule has 0 radical (unpaired) electrons. The maximum absolute atomic E-state index is 14.9. The Morgan fingerprint density at radius 1 is 0.710 bits per heavy atom. The van der Waals surface area contributed by atoms with Crippen LogP contribution >= 0.6 is 0 Å². The normalized spacial score (nSPS) is 10.7. The van der Waals surface area contributed by atoms with Gasteiger partial charge in [0.25, 0.3) is 0 Å². The highest BCUT2D eigenvalue weighted by Gasteiger charge is 2.13. The van der Waals surface area contributed by atoms with Gasteiger partial charge in [-0.25, -0.2) is 13.2 Å². The number of halogens is 3. The van der Waals surface area contributed by atoms with Crippen LogP contribution in [0.2, 0.25) is 0 Å². The van der Waals surface area contributed by atoms with Gasteiger partial charge in [0, 0.05) is 5.56 Å². The van der Waals surface area contributed by atoms with E-state index in [9.17, 15) is 13.2 Å². The number of rotatable bonds is 5. The van der Waals surface area contributed by atoms with Crippen LogP contribution in [0, 0.1) is 43.1 Å². The van der Waals surface area contributed by atoms with E-state index in [1.165, 1.54) is 17.7 Å². The highest BCUT2D eigenvalue weighted by molar-refractivity contribution is 5.69. The maximum atomic E-state index is 14.9. The van der Waals surface area contributed by atoms with E-state index in [4.69, 9.17) is 0 Å². The van der Waals surface area contributed by atoms with Gasteiger partial charge in [-0.1, -0.05) is 56.7 Å². The highest BCUT2D eigenvalue weighted by atomic mass is 19.2. The molecule has 0 atom stereocenters. The molecule has 3 rings (SSSR count). The summed E-state index contributed by atoms with van der Waals surface area (Å²) in [4.78, 5) is 0. The first-order valence-electron chi connectivity index (χ1n) is 10.7. The smallest absolute Gasteiger partial charge is 0.159 e. The van der Waals surface area contributed by atoms with Gasteiger partial charge in [-0.05, 0) is 84.3 Å². The summed E-state index contributed by atoms with van der Waals surface area (Å²) < 4.78 is 42.0. The minimum absolute atomic E-state index is 0.311. The lowest BCUT2D eigenvalue weighted by molar-refractivity contribution is 0.509. The molecule has 0 spiro atoms. The predicted molar refractivity (Wildman–Crippen MR) is 122 cm³/mol. The monoisotopic (exact) mass is 420 g/mol. The fourth-order valence-corrected chi connectivity index (χ4v) is 3.94. The topological polar surface area (TPSA) is 0 Å². The van der Waals surface area contributed by atoms with Gasteiger partial charge in [0.15, 0.2) is 11.6 Å². The first-order valence-corrected chi connectivity index (χ1v) is 10.7. The summed E-state index contributed by atoms with van der Waals surface area (Å²) in [6, 6.07) is 11.1. The second kappa shape index (κ2) is 9.88. The average Bonchev–Trinajstić information content (AvgIpc) is 2.71. The van der Waals surface area contributed by atoms with E-state index in [0.29, 0.717) is 23.1 Å². The number of benzene rings is 3. The van der Waals surface area contributed by atoms with Crippen molar-refractivity contribution in [1.82, 2.24) is 0 Å². The minimum Gasteiger partial charge on any atom is -0.206 e. The van der Waals surface area contributed by atoms with Crippen molar-refractivity contribution < 1.29 is 13.2 Å². The summed E-state index contributed by atoms with van der Waals surface area (Å²) >= 11 is 0. The van der Waals surface area contributed by atoms with E-state index < -0.39 is 17.5 Å². The summed E-state index contributed by atoms with van der Waals surface area (Å²) in [6.07, 6.45) is 3.63. The molecule has 160 valence electrons. The SMILES string of the molecule is CCCc1cc(C)c(C#Cc2cc(CCC)c(-c3ccc(F)c(F)c3)cc2F)c(C)c1. The molecule has 0 unspecified atom stereocenters. The summed E-state index contributed by atoms with van der Waals surface area (Å²) in [5, 5.41) is 0. The third-order valence-electron chi connectivity index (χ3n) is 5.40. The molecule has 0 amide bonds. The summed E-state index contributed by atoms with van der Waals surface area (Å²) in [5.74, 6) is 3.83. The van der Waals surface area contributed by atoms with E-state index in [2.05, 4.69) is 30.9 Å². The quantitative estimate of drug-likeness (QED) is 0.371.